The van der Waals surface area contributed by atoms with Gasteiger partial charge < -0.3 is 0 Å². The summed E-state index contributed by atoms with van der Waals surface area (Å²) in [5, 5.41) is 0.810. The van der Waals surface area contributed by atoms with E-state index in [0.717, 1.165) is 27.3 Å². The molecule has 19 heavy (non-hydrogen) atoms. The Balaban J connectivity index is 2.30. The number of halogens is 1. The molecule has 1 heterocycles. The van der Waals surface area contributed by atoms with Crippen molar-refractivity contribution in [1.82, 2.24) is 9.55 Å². The van der Waals surface area contributed by atoms with Crippen LogP contribution in [0.1, 0.15) is 25.3 Å². The smallest absolute Gasteiger partial charge is 0.100 e. The van der Waals surface area contributed by atoms with Crippen molar-refractivity contribution in [3.8, 4) is 5.69 Å². The van der Waals surface area contributed by atoms with Gasteiger partial charge in [-0.25, -0.2) is 4.98 Å². The number of hydrogen-bond acceptors (Lipinski definition) is 1. The topological polar surface area (TPSA) is 17.8 Å². The van der Waals surface area contributed by atoms with Gasteiger partial charge in [0.1, 0.15) is 6.33 Å². The van der Waals surface area contributed by atoms with Crippen LogP contribution < -0.4 is 0 Å². The summed E-state index contributed by atoms with van der Waals surface area (Å²) in [6, 6.07) is 14.1. The highest BCUT2D eigenvalue weighted by molar-refractivity contribution is 6.31. The van der Waals surface area contributed by atoms with Gasteiger partial charge in [-0.1, -0.05) is 43.6 Å². The van der Waals surface area contributed by atoms with Crippen LogP contribution in [0.5, 0.6) is 0 Å². The molecule has 0 atom stereocenters. The van der Waals surface area contributed by atoms with E-state index in [-0.39, 0.29) is 0 Å². The molecule has 96 valence electrons. The molecule has 0 saturated carbocycles. The lowest BCUT2D eigenvalue weighted by Gasteiger charge is -2.15. The van der Waals surface area contributed by atoms with Crippen molar-refractivity contribution in [1.29, 1.82) is 0 Å². The first-order chi connectivity index (χ1) is 9.18. The van der Waals surface area contributed by atoms with Crippen LogP contribution in [0.25, 0.3) is 16.7 Å². The van der Waals surface area contributed by atoms with E-state index < -0.39 is 0 Å². The molecule has 0 aliphatic rings. The van der Waals surface area contributed by atoms with Gasteiger partial charge in [-0.2, -0.15) is 0 Å². The zero-order chi connectivity index (χ0) is 13.4. The average molecular weight is 271 g/mol. The number of aromatic nitrogens is 2. The van der Waals surface area contributed by atoms with Crippen molar-refractivity contribution in [2.45, 2.75) is 19.8 Å². The van der Waals surface area contributed by atoms with Crippen LogP contribution in [-0.4, -0.2) is 9.55 Å². The number of fused-ring (bicyclic) bond motifs is 1. The van der Waals surface area contributed by atoms with Crippen LogP contribution in [0.4, 0.5) is 0 Å². The summed E-state index contributed by atoms with van der Waals surface area (Å²) in [7, 11) is 0. The zero-order valence-corrected chi connectivity index (χ0v) is 11.7. The molecule has 0 amide bonds. The van der Waals surface area contributed by atoms with Crippen LogP contribution in [0.3, 0.4) is 0 Å². The molecule has 0 aliphatic heterocycles. The number of nitrogens with zero attached hydrogens (tertiary/aromatic N) is 2. The highest BCUT2D eigenvalue weighted by Crippen LogP contribution is 2.31. The predicted molar refractivity (Wildman–Crippen MR) is 80.2 cm³/mol. The SMILES string of the molecule is CC(C)c1c(Cl)cccc1-n1cnc2ccccc21. The third-order valence-electron chi connectivity index (χ3n) is 3.32. The molecule has 3 rings (SSSR count). The van der Waals surface area contributed by atoms with Gasteiger partial charge in [-0.05, 0) is 35.7 Å². The summed E-state index contributed by atoms with van der Waals surface area (Å²) in [6.07, 6.45) is 1.86. The van der Waals surface area contributed by atoms with Crippen LogP contribution in [0.2, 0.25) is 5.02 Å². The maximum atomic E-state index is 6.36. The summed E-state index contributed by atoms with van der Waals surface area (Å²) in [5.41, 5.74) is 4.37. The summed E-state index contributed by atoms with van der Waals surface area (Å²) >= 11 is 6.36. The molecule has 1 aromatic heterocycles. The van der Waals surface area contributed by atoms with E-state index in [1.54, 1.807) is 0 Å². The summed E-state index contributed by atoms with van der Waals surface area (Å²) in [5.74, 6) is 0.366. The highest BCUT2D eigenvalue weighted by atomic mass is 35.5. The van der Waals surface area contributed by atoms with E-state index in [4.69, 9.17) is 11.6 Å². The van der Waals surface area contributed by atoms with Gasteiger partial charge in [0.15, 0.2) is 0 Å². The first kappa shape index (κ1) is 12.2. The van der Waals surface area contributed by atoms with Gasteiger partial charge in [0.25, 0.3) is 0 Å². The van der Waals surface area contributed by atoms with Crippen LogP contribution >= 0.6 is 11.6 Å². The minimum Gasteiger partial charge on any atom is -0.299 e. The molecular weight excluding hydrogens is 256 g/mol. The molecular formula is C16H15ClN2. The fourth-order valence-electron chi connectivity index (χ4n) is 2.46. The fraction of sp³-hybridized carbons (Fsp3) is 0.188. The van der Waals surface area contributed by atoms with Gasteiger partial charge in [-0.15, -0.1) is 0 Å². The summed E-state index contributed by atoms with van der Waals surface area (Å²) < 4.78 is 2.11. The molecule has 2 nitrogen and oxygen atoms in total. The van der Waals surface area contributed by atoms with Gasteiger partial charge in [0, 0.05) is 5.02 Å². The normalized spacial score (nSPS) is 11.4. The lowest BCUT2D eigenvalue weighted by atomic mass is 10.0. The van der Waals surface area contributed by atoms with Gasteiger partial charge in [0.05, 0.1) is 16.7 Å². The Morgan fingerprint density at radius 1 is 1.05 bits per heavy atom. The van der Waals surface area contributed by atoms with Crippen molar-refractivity contribution < 1.29 is 0 Å². The van der Waals surface area contributed by atoms with Crippen molar-refractivity contribution in [3.05, 3.63) is 59.4 Å². The maximum absolute atomic E-state index is 6.36. The van der Waals surface area contributed by atoms with Crippen molar-refractivity contribution >= 4 is 22.6 Å². The molecule has 0 N–H and O–H groups in total. The first-order valence-electron chi connectivity index (χ1n) is 6.39. The lowest BCUT2D eigenvalue weighted by molar-refractivity contribution is 0.850. The van der Waals surface area contributed by atoms with Crippen LogP contribution in [0.15, 0.2) is 48.8 Å². The minimum absolute atomic E-state index is 0.366. The molecule has 3 heteroatoms. The maximum Gasteiger partial charge on any atom is 0.100 e. The quantitative estimate of drug-likeness (QED) is 0.654. The molecule has 0 saturated heterocycles. The third kappa shape index (κ3) is 2.02. The van der Waals surface area contributed by atoms with Crippen LogP contribution in [0, 0.1) is 0 Å². The average Bonchev–Trinajstić information content (AvgIpc) is 2.81. The Hall–Kier alpha value is -1.80. The molecule has 0 unspecified atom stereocenters. The third-order valence-corrected chi connectivity index (χ3v) is 3.65. The molecule has 0 radical (unpaired) electrons. The molecule has 0 fully saturated rings. The molecule has 0 bridgehead atoms. The number of benzene rings is 2. The Morgan fingerprint density at radius 2 is 1.84 bits per heavy atom. The number of hydrogen-bond donors (Lipinski definition) is 0. The van der Waals surface area contributed by atoms with E-state index in [1.807, 2.05) is 36.7 Å². The van der Waals surface area contributed by atoms with E-state index in [1.165, 1.54) is 0 Å². The molecule has 0 aliphatic carbocycles. The second kappa shape index (κ2) is 4.71. The Bertz CT molecular complexity index is 728. The fourth-order valence-corrected chi connectivity index (χ4v) is 2.85. The standard InChI is InChI=1S/C16H15ClN2/c1-11(2)16-12(17)6-5-9-15(16)19-10-18-13-7-3-4-8-14(13)19/h3-11H,1-2H3. The largest absolute Gasteiger partial charge is 0.299 e. The molecule has 0 spiro atoms. The second-order valence-electron chi connectivity index (χ2n) is 4.93. The van der Waals surface area contributed by atoms with Crippen molar-refractivity contribution in [2.24, 2.45) is 0 Å². The van der Waals surface area contributed by atoms with E-state index in [0.29, 0.717) is 5.92 Å². The Morgan fingerprint density at radius 3 is 2.63 bits per heavy atom. The van der Waals surface area contributed by atoms with Crippen molar-refractivity contribution in [3.63, 3.8) is 0 Å². The van der Waals surface area contributed by atoms with Gasteiger partial charge in [-0.3, -0.25) is 4.57 Å². The van der Waals surface area contributed by atoms with E-state index in [9.17, 15) is 0 Å². The summed E-state index contributed by atoms with van der Waals surface area (Å²) in [4.78, 5) is 4.45. The van der Waals surface area contributed by atoms with Crippen molar-refractivity contribution in [2.75, 3.05) is 0 Å². The number of rotatable bonds is 2. The number of imidazole rings is 1. The van der Waals surface area contributed by atoms with Gasteiger partial charge in [0.2, 0.25) is 0 Å². The highest BCUT2D eigenvalue weighted by Gasteiger charge is 2.13. The first-order valence-corrected chi connectivity index (χ1v) is 6.77. The monoisotopic (exact) mass is 270 g/mol. The Labute approximate surface area is 117 Å². The predicted octanol–water partition coefficient (Wildman–Crippen LogP) is 4.80. The molecule has 3 aromatic rings. The summed E-state index contributed by atoms with van der Waals surface area (Å²) in [6.45, 7) is 4.31. The second-order valence-corrected chi connectivity index (χ2v) is 5.34. The minimum atomic E-state index is 0.366. The van der Waals surface area contributed by atoms with E-state index >= 15 is 0 Å². The molecule has 2 aromatic carbocycles. The Kier molecular flexibility index (Phi) is 3.03. The lowest BCUT2D eigenvalue weighted by Crippen LogP contribution is -2.01. The van der Waals surface area contributed by atoms with Crippen LogP contribution in [-0.2, 0) is 0 Å². The zero-order valence-electron chi connectivity index (χ0n) is 11.0. The van der Waals surface area contributed by atoms with E-state index in [2.05, 4.69) is 35.5 Å². The van der Waals surface area contributed by atoms with Gasteiger partial charge >= 0.3 is 0 Å². The number of para-hydroxylation sites is 2.